The molecule has 1 fully saturated rings. The Hall–Kier alpha value is -2.13. The molecule has 2 N–H and O–H groups in total. The molecule has 158 valence electrons. The molecule has 3 aromatic rings. The zero-order chi connectivity index (χ0) is 20.1. The van der Waals surface area contributed by atoms with Crippen LogP contribution >= 0.6 is 35.3 Å². The van der Waals surface area contributed by atoms with Crippen LogP contribution < -0.4 is 15.5 Å². The molecule has 1 aliphatic heterocycles. The largest absolute Gasteiger partial charge is 0.369 e. The van der Waals surface area contributed by atoms with Crippen molar-refractivity contribution in [3.63, 3.8) is 0 Å². The number of anilines is 1. The highest BCUT2D eigenvalue weighted by atomic mass is 127. The van der Waals surface area contributed by atoms with Gasteiger partial charge in [-0.05, 0) is 25.5 Å². The van der Waals surface area contributed by atoms with Gasteiger partial charge in [-0.25, -0.2) is 4.98 Å². The highest BCUT2D eigenvalue weighted by molar-refractivity contribution is 14.0. The van der Waals surface area contributed by atoms with E-state index in [1.54, 1.807) is 11.3 Å². The number of hydrogen-bond acceptors (Lipinski definition) is 4. The summed E-state index contributed by atoms with van der Waals surface area (Å²) in [6, 6.07) is 21.3. The van der Waals surface area contributed by atoms with E-state index in [0.717, 1.165) is 42.7 Å². The second-order valence-electron chi connectivity index (χ2n) is 7.23. The molecule has 0 aliphatic carbocycles. The molecule has 1 unspecified atom stereocenters. The minimum atomic E-state index is 0. The fraction of sp³-hybridized carbons (Fsp3) is 0.304. The van der Waals surface area contributed by atoms with Crippen molar-refractivity contribution in [1.82, 2.24) is 15.6 Å². The first-order valence-corrected chi connectivity index (χ1v) is 10.8. The molecular formula is C23H28IN5S. The predicted octanol–water partition coefficient (Wildman–Crippen LogP) is 4.68. The van der Waals surface area contributed by atoms with Gasteiger partial charge in [0, 0.05) is 42.3 Å². The van der Waals surface area contributed by atoms with Crippen molar-refractivity contribution in [2.24, 2.45) is 4.99 Å². The third kappa shape index (κ3) is 5.51. The molecule has 0 amide bonds. The SMILES string of the molecule is CN=C(NCc1sc(-c2ccccc2)nc1C)NC1CCN(c2ccccc2)C1.I. The Kier molecular flexibility index (Phi) is 8.09. The van der Waals surface area contributed by atoms with Crippen molar-refractivity contribution >= 4 is 47.0 Å². The molecule has 1 saturated heterocycles. The Morgan fingerprint density at radius 3 is 2.53 bits per heavy atom. The van der Waals surface area contributed by atoms with Crippen molar-refractivity contribution in [2.75, 3.05) is 25.0 Å². The molecule has 2 heterocycles. The first kappa shape index (κ1) is 22.6. The minimum absolute atomic E-state index is 0. The van der Waals surface area contributed by atoms with E-state index in [2.05, 4.69) is 82.0 Å². The van der Waals surface area contributed by atoms with E-state index in [9.17, 15) is 0 Å². The van der Waals surface area contributed by atoms with E-state index < -0.39 is 0 Å². The zero-order valence-corrected chi connectivity index (χ0v) is 20.5. The van der Waals surface area contributed by atoms with Gasteiger partial charge < -0.3 is 15.5 Å². The maximum Gasteiger partial charge on any atom is 0.191 e. The Bertz CT molecular complexity index is 958. The van der Waals surface area contributed by atoms with E-state index in [1.165, 1.54) is 16.1 Å². The summed E-state index contributed by atoms with van der Waals surface area (Å²) in [5.41, 5.74) is 3.53. The lowest BCUT2D eigenvalue weighted by molar-refractivity contribution is 0.649. The van der Waals surface area contributed by atoms with Gasteiger partial charge in [0.1, 0.15) is 5.01 Å². The molecule has 0 radical (unpaired) electrons. The number of nitrogens with one attached hydrogen (secondary N) is 2. The number of aliphatic imine (C=N–C) groups is 1. The molecule has 0 bridgehead atoms. The number of benzene rings is 2. The summed E-state index contributed by atoms with van der Waals surface area (Å²) >= 11 is 1.74. The third-order valence-corrected chi connectivity index (χ3v) is 6.41. The molecule has 5 nitrogen and oxygen atoms in total. The average molecular weight is 533 g/mol. The lowest BCUT2D eigenvalue weighted by Gasteiger charge is -2.20. The van der Waals surface area contributed by atoms with Gasteiger partial charge in [0.15, 0.2) is 5.96 Å². The van der Waals surface area contributed by atoms with Crippen LogP contribution in [0.4, 0.5) is 5.69 Å². The fourth-order valence-electron chi connectivity index (χ4n) is 3.60. The monoisotopic (exact) mass is 533 g/mol. The highest BCUT2D eigenvalue weighted by Gasteiger charge is 2.23. The molecule has 1 aliphatic rings. The summed E-state index contributed by atoms with van der Waals surface area (Å²) in [7, 11) is 1.83. The summed E-state index contributed by atoms with van der Waals surface area (Å²) in [5.74, 6) is 0.846. The number of guanidine groups is 1. The molecule has 4 rings (SSSR count). The first-order valence-electron chi connectivity index (χ1n) is 10.0. The summed E-state index contributed by atoms with van der Waals surface area (Å²) in [5, 5.41) is 8.11. The van der Waals surface area contributed by atoms with Crippen LogP contribution in [0.15, 0.2) is 65.7 Å². The van der Waals surface area contributed by atoms with Crippen LogP contribution in [-0.4, -0.2) is 37.1 Å². The van der Waals surface area contributed by atoms with Crippen LogP contribution in [0.2, 0.25) is 0 Å². The second kappa shape index (κ2) is 10.8. The molecule has 1 atom stereocenters. The van der Waals surface area contributed by atoms with Crippen molar-refractivity contribution in [3.05, 3.63) is 71.2 Å². The quantitative estimate of drug-likeness (QED) is 0.284. The molecule has 30 heavy (non-hydrogen) atoms. The highest BCUT2D eigenvalue weighted by Crippen LogP contribution is 2.27. The topological polar surface area (TPSA) is 52.6 Å². The number of para-hydroxylation sites is 1. The van der Waals surface area contributed by atoms with Crippen LogP contribution in [-0.2, 0) is 6.54 Å². The van der Waals surface area contributed by atoms with Crippen molar-refractivity contribution < 1.29 is 0 Å². The predicted molar refractivity (Wildman–Crippen MR) is 138 cm³/mol. The zero-order valence-electron chi connectivity index (χ0n) is 17.3. The standard InChI is InChI=1S/C23H27N5S.HI/c1-17-21(29-22(26-17)18-9-5-3-6-10-18)15-25-23(24-2)27-19-13-14-28(16-19)20-11-7-4-8-12-20;/h3-12,19H,13-16H2,1-2H3,(H2,24,25,27);1H. The Labute approximate surface area is 199 Å². The maximum atomic E-state index is 4.74. The number of aromatic nitrogens is 1. The molecule has 0 spiro atoms. The van der Waals surface area contributed by atoms with E-state index >= 15 is 0 Å². The molecular weight excluding hydrogens is 505 g/mol. The van der Waals surface area contributed by atoms with E-state index in [0.29, 0.717) is 6.04 Å². The Morgan fingerprint density at radius 2 is 1.83 bits per heavy atom. The van der Waals surface area contributed by atoms with E-state index in [-0.39, 0.29) is 24.0 Å². The number of aryl methyl sites for hydroxylation is 1. The van der Waals surface area contributed by atoms with Crippen LogP contribution in [0.1, 0.15) is 17.0 Å². The molecule has 0 saturated carbocycles. The van der Waals surface area contributed by atoms with Gasteiger partial charge >= 0.3 is 0 Å². The molecule has 2 aromatic carbocycles. The van der Waals surface area contributed by atoms with Gasteiger partial charge in [0.2, 0.25) is 0 Å². The summed E-state index contributed by atoms with van der Waals surface area (Å²) in [4.78, 5) is 12.8. The van der Waals surface area contributed by atoms with Crippen molar-refractivity contribution in [3.8, 4) is 10.6 Å². The summed E-state index contributed by atoms with van der Waals surface area (Å²) in [6.07, 6.45) is 1.10. The van der Waals surface area contributed by atoms with Crippen LogP contribution in [0.5, 0.6) is 0 Å². The Morgan fingerprint density at radius 1 is 1.13 bits per heavy atom. The first-order chi connectivity index (χ1) is 14.2. The number of rotatable bonds is 5. The third-order valence-electron chi connectivity index (χ3n) is 5.20. The molecule has 7 heteroatoms. The van der Waals surface area contributed by atoms with Gasteiger partial charge in [0.25, 0.3) is 0 Å². The van der Waals surface area contributed by atoms with Gasteiger partial charge in [0.05, 0.1) is 12.2 Å². The smallest absolute Gasteiger partial charge is 0.191 e. The van der Waals surface area contributed by atoms with Crippen molar-refractivity contribution in [2.45, 2.75) is 25.9 Å². The lowest BCUT2D eigenvalue weighted by atomic mass is 10.2. The Balaban J connectivity index is 0.00000256. The van der Waals surface area contributed by atoms with Crippen LogP contribution in [0, 0.1) is 6.92 Å². The number of hydrogen-bond donors (Lipinski definition) is 2. The minimum Gasteiger partial charge on any atom is -0.369 e. The van der Waals surface area contributed by atoms with Gasteiger partial charge in [-0.3, -0.25) is 4.99 Å². The maximum absolute atomic E-state index is 4.74. The van der Waals surface area contributed by atoms with Gasteiger partial charge in [-0.1, -0.05) is 48.5 Å². The lowest BCUT2D eigenvalue weighted by Crippen LogP contribution is -2.44. The number of halogens is 1. The fourth-order valence-corrected chi connectivity index (χ4v) is 4.61. The van der Waals surface area contributed by atoms with Gasteiger partial charge in [-0.2, -0.15) is 0 Å². The van der Waals surface area contributed by atoms with Crippen LogP contribution in [0.3, 0.4) is 0 Å². The van der Waals surface area contributed by atoms with E-state index in [1.807, 2.05) is 13.1 Å². The average Bonchev–Trinajstić information content (AvgIpc) is 3.39. The number of nitrogens with zero attached hydrogens (tertiary/aromatic N) is 3. The number of thiazole rings is 1. The van der Waals surface area contributed by atoms with E-state index in [4.69, 9.17) is 4.98 Å². The summed E-state index contributed by atoms with van der Waals surface area (Å²) in [6.45, 7) is 4.85. The van der Waals surface area contributed by atoms with Crippen molar-refractivity contribution in [1.29, 1.82) is 0 Å². The van der Waals surface area contributed by atoms with Crippen LogP contribution in [0.25, 0.3) is 10.6 Å². The normalized spacial score (nSPS) is 16.3. The van der Waals surface area contributed by atoms with Gasteiger partial charge in [-0.15, -0.1) is 35.3 Å². The summed E-state index contributed by atoms with van der Waals surface area (Å²) < 4.78 is 0. The second-order valence-corrected chi connectivity index (χ2v) is 8.31. The molecule has 1 aromatic heterocycles.